The number of fused-ring (bicyclic) bond motifs is 1. The summed E-state index contributed by atoms with van der Waals surface area (Å²) < 4.78 is 2.92. The van der Waals surface area contributed by atoms with E-state index in [-0.39, 0.29) is 17.2 Å². The molecule has 0 aliphatic carbocycles. The minimum Gasteiger partial charge on any atom is -0.369 e. The van der Waals surface area contributed by atoms with Crippen molar-refractivity contribution in [3.63, 3.8) is 0 Å². The van der Waals surface area contributed by atoms with E-state index >= 15 is 0 Å². The van der Waals surface area contributed by atoms with Gasteiger partial charge in [0.1, 0.15) is 5.52 Å². The van der Waals surface area contributed by atoms with Crippen LogP contribution in [0, 0.1) is 6.92 Å². The topological polar surface area (TPSA) is 88.3 Å². The lowest BCUT2D eigenvalue weighted by atomic mass is 10.2. The van der Waals surface area contributed by atoms with Crippen LogP contribution in [-0.4, -0.2) is 69.4 Å². The van der Waals surface area contributed by atoms with Gasteiger partial charge in [-0.25, -0.2) is 9.67 Å². The lowest BCUT2D eigenvalue weighted by Gasteiger charge is -2.36. The van der Waals surface area contributed by atoms with Crippen LogP contribution in [0.1, 0.15) is 22.5 Å². The quantitative estimate of drug-likeness (QED) is 0.405. The maximum Gasteiger partial charge on any atom is 0.279 e. The van der Waals surface area contributed by atoms with E-state index in [1.165, 1.54) is 21.3 Å². The molecule has 2 aromatic carbocycles. The molecule has 1 aliphatic rings. The molecule has 3 heterocycles. The molecular formula is C27H31N7O2. The summed E-state index contributed by atoms with van der Waals surface area (Å²) >= 11 is 0. The summed E-state index contributed by atoms with van der Waals surface area (Å²) in [5.41, 5.74) is 3.61. The molecule has 1 fully saturated rings. The zero-order valence-electron chi connectivity index (χ0n) is 20.7. The maximum absolute atomic E-state index is 13.0. The predicted octanol–water partition coefficient (Wildman–Crippen LogP) is 2.37. The fourth-order valence-electron chi connectivity index (χ4n) is 4.57. The summed E-state index contributed by atoms with van der Waals surface area (Å²) in [7, 11) is 1.64. The SMILES string of the molecule is Cc1ccc(-n2nc(C(=O)NCCCN3CCN(c4ccccc4)CC3)c3ncn(C)c(=O)c32)cc1. The molecular weight excluding hydrogens is 454 g/mol. The summed E-state index contributed by atoms with van der Waals surface area (Å²) in [5, 5.41) is 7.48. The Bertz CT molecular complexity index is 1400. The van der Waals surface area contributed by atoms with Gasteiger partial charge in [0.05, 0.1) is 12.0 Å². The number of anilines is 1. The minimum absolute atomic E-state index is 0.166. The summed E-state index contributed by atoms with van der Waals surface area (Å²) in [6.07, 6.45) is 2.26. The monoisotopic (exact) mass is 485 g/mol. The van der Waals surface area contributed by atoms with Crippen LogP contribution in [0.25, 0.3) is 16.7 Å². The van der Waals surface area contributed by atoms with Crippen molar-refractivity contribution in [2.75, 3.05) is 44.2 Å². The van der Waals surface area contributed by atoms with E-state index in [4.69, 9.17) is 0 Å². The molecule has 0 saturated carbocycles. The van der Waals surface area contributed by atoms with Crippen LogP contribution in [0.5, 0.6) is 0 Å². The van der Waals surface area contributed by atoms with E-state index in [0.717, 1.165) is 44.7 Å². The third-order valence-corrected chi connectivity index (χ3v) is 6.67. The van der Waals surface area contributed by atoms with Gasteiger partial charge in [-0.3, -0.25) is 14.5 Å². The van der Waals surface area contributed by atoms with Gasteiger partial charge in [-0.2, -0.15) is 5.10 Å². The van der Waals surface area contributed by atoms with Gasteiger partial charge in [-0.05, 0) is 44.2 Å². The molecule has 9 heteroatoms. The average molecular weight is 486 g/mol. The second kappa shape index (κ2) is 10.3. The molecule has 1 saturated heterocycles. The van der Waals surface area contributed by atoms with Crippen molar-refractivity contribution in [1.82, 2.24) is 29.5 Å². The second-order valence-electron chi connectivity index (χ2n) is 9.23. The van der Waals surface area contributed by atoms with Crippen LogP contribution in [0.3, 0.4) is 0 Å². The Balaban J connectivity index is 1.21. The molecule has 5 rings (SSSR count). The van der Waals surface area contributed by atoms with Crippen molar-refractivity contribution in [3.05, 3.63) is 82.5 Å². The Labute approximate surface area is 210 Å². The van der Waals surface area contributed by atoms with Crippen LogP contribution in [-0.2, 0) is 7.05 Å². The highest BCUT2D eigenvalue weighted by molar-refractivity contribution is 6.03. The molecule has 2 aromatic heterocycles. The van der Waals surface area contributed by atoms with Gasteiger partial charge >= 0.3 is 0 Å². The predicted molar refractivity (Wildman–Crippen MR) is 141 cm³/mol. The maximum atomic E-state index is 13.0. The number of para-hydroxylation sites is 1. The molecule has 0 radical (unpaired) electrons. The molecule has 1 aliphatic heterocycles. The van der Waals surface area contributed by atoms with Crippen molar-refractivity contribution < 1.29 is 4.79 Å². The molecule has 1 amide bonds. The zero-order valence-corrected chi connectivity index (χ0v) is 20.7. The van der Waals surface area contributed by atoms with Gasteiger partial charge in [-0.1, -0.05) is 35.9 Å². The highest BCUT2D eigenvalue weighted by Gasteiger charge is 2.22. The second-order valence-corrected chi connectivity index (χ2v) is 9.23. The number of nitrogens with zero attached hydrogens (tertiary/aromatic N) is 6. The molecule has 0 bridgehead atoms. The van der Waals surface area contributed by atoms with Crippen molar-refractivity contribution in [1.29, 1.82) is 0 Å². The normalized spacial score (nSPS) is 14.3. The lowest BCUT2D eigenvalue weighted by Crippen LogP contribution is -2.47. The number of nitrogens with one attached hydrogen (secondary N) is 1. The first-order chi connectivity index (χ1) is 17.5. The molecule has 4 aromatic rings. The number of benzene rings is 2. The molecule has 36 heavy (non-hydrogen) atoms. The Morgan fingerprint density at radius 3 is 2.42 bits per heavy atom. The Kier molecular flexibility index (Phi) is 6.81. The third-order valence-electron chi connectivity index (χ3n) is 6.67. The number of aromatic nitrogens is 4. The minimum atomic E-state index is -0.319. The first kappa shape index (κ1) is 23.7. The van der Waals surface area contributed by atoms with Gasteiger partial charge in [0, 0.05) is 45.5 Å². The molecule has 186 valence electrons. The van der Waals surface area contributed by atoms with Gasteiger partial charge < -0.3 is 14.8 Å². The van der Waals surface area contributed by atoms with Crippen molar-refractivity contribution in [2.24, 2.45) is 7.05 Å². The highest BCUT2D eigenvalue weighted by atomic mass is 16.2. The van der Waals surface area contributed by atoms with Gasteiger partial charge in [0.2, 0.25) is 0 Å². The first-order valence-electron chi connectivity index (χ1n) is 12.3. The fraction of sp³-hybridized carbons (Fsp3) is 0.333. The van der Waals surface area contributed by atoms with Crippen LogP contribution in [0.2, 0.25) is 0 Å². The van der Waals surface area contributed by atoms with E-state index in [0.29, 0.717) is 23.3 Å². The van der Waals surface area contributed by atoms with E-state index in [2.05, 4.69) is 49.5 Å². The number of amides is 1. The molecule has 1 N–H and O–H groups in total. The smallest absolute Gasteiger partial charge is 0.279 e. The van der Waals surface area contributed by atoms with E-state index in [1.807, 2.05) is 37.3 Å². The summed E-state index contributed by atoms with van der Waals surface area (Å²) in [6.45, 7) is 7.44. The molecule has 0 atom stereocenters. The molecule has 0 unspecified atom stereocenters. The van der Waals surface area contributed by atoms with E-state index < -0.39 is 0 Å². The lowest BCUT2D eigenvalue weighted by molar-refractivity contribution is 0.0947. The standard InChI is InChI=1S/C27H31N7O2/c1-20-9-11-22(12-10-20)34-25-23(29-19-31(2)27(25)36)24(30-34)26(35)28-13-6-14-32-15-17-33(18-16-32)21-7-4-3-5-8-21/h3-5,7-12,19H,6,13-18H2,1-2H3,(H,28,35). The van der Waals surface area contributed by atoms with Gasteiger partial charge in [-0.15, -0.1) is 0 Å². The molecule has 0 spiro atoms. The zero-order chi connectivity index (χ0) is 25.1. The number of carbonyl (C=O) groups excluding carboxylic acids is 1. The van der Waals surface area contributed by atoms with Crippen molar-refractivity contribution >= 4 is 22.6 Å². The Morgan fingerprint density at radius 1 is 0.972 bits per heavy atom. The average Bonchev–Trinajstić information content (AvgIpc) is 3.30. The third kappa shape index (κ3) is 4.87. The Hall–Kier alpha value is -3.98. The number of rotatable bonds is 7. The number of aryl methyl sites for hydroxylation is 2. The van der Waals surface area contributed by atoms with Gasteiger partial charge in [0.25, 0.3) is 11.5 Å². The van der Waals surface area contributed by atoms with Crippen molar-refractivity contribution in [3.8, 4) is 5.69 Å². The summed E-state index contributed by atoms with van der Waals surface area (Å²) in [4.78, 5) is 35.1. The highest BCUT2D eigenvalue weighted by Crippen LogP contribution is 2.19. The Morgan fingerprint density at radius 2 is 1.69 bits per heavy atom. The largest absolute Gasteiger partial charge is 0.369 e. The first-order valence-corrected chi connectivity index (χ1v) is 12.3. The van der Waals surface area contributed by atoms with E-state index in [9.17, 15) is 9.59 Å². The van der Waals surface area contributed by atoms with E-state index in [1.54, 1.807) is 7.05 Å². The van der Waals surface area contributed by atoms with Crippen LogP contribution in [0.4, 0.5) is 5.69 Å². The summed E-state index contributed by atoms with van der Waals surface area (Å²) in [5.74, 6) is -0.319. The van der Waals surface area contributed by atoms with Crippen molar-refractivity contribution in [2.45, 2.75) is 13.3 Å². The number of carbonyl (C=O) groups is 1. The molecule has 9 nitrogen and oxygen atoms in total. The summed E-state index contributed by atoms with van der Waals surface area (Å²) in [6, 6.07) is 18.2. The number of hydrogen-bond acceptors (Lipinski definition) is 6. The van der Waals surface area contributed by atoms with Crippen LogP contribution in [0.15, 0.2) is 65.7 Å². The number of piperazine rings is 1. The van der Waals surface area contributed by atoms with Crippen LogP contribution < -0.4 is 15.8 Å². The number of hydrogen-bond donors (Lipinski definition) is 1. The van der Waals surface area contributed by atoms with Crippen LogP contribution >= 0.6 is 0 Å². The fourth-order valence-corrected chi connectivity index (χ4v) is 4.57. The van der Waals surface area contributed by atoms with Gasteiger partial charge in [0.15, 0.2) is 11.2 Å².